The average Bonchev–Trinajstić information content (AvgIpc) is 1.14. The minimum Gasteiger partial charge on any atom is -0.460 e. The number of carbonyl (C=O) groups is 1. The zero-order valence-electron chi connectivity index (χ0n) is 50.4. The topological polar surface area (TPSA) is 554 Å². The highest BCUT2D eigenvalue weighted by atomic mass is 16.8. The maximum Gasteiger partial charge on any atom is 0.314 e. The lowest BCUT2D eigenvalue weighted by Gasteiger charge is -2.62. The van der Waals surface area contributed by atoms with Gasteiger partial charge in [0.2, 0.25) is 37.2 Å². The molecule has 7 rings (SSSR count). The summed E-state index contributed by atoms with van der Waals surface area (Å²) in [6.45, 7) is 6.30. The van der Waals surface area contributed by atoms with Gasteiger partial charge in [-0.05, 0) is 87.0 Å². The zero-order chi connectivity index (χ0) is 66.9. The number of carbonyl (C=O) groups excluding carboxylic acids is 1. The van der Waals surface area contributed by atoms with E-state index in [0.717, 1.165) is 0 Å². The minimum absolute atomic E-state index is 0.0393. The second kappa shape index (κ2) is 30.3. The molecule has 90 heavy (non-hydrogen) atoms. The lowest BCUT2D eigenvalue weighted by Crippen LogP contribution is -2.60. The van der Waals surface area contributed by atoms with Crippen LogP contribution in [0.1, 0.15) is 91.9 Å². The Balaban J connectivity index is 1.21. The van der Waals surface area contributed by atoms with E-state index in [1.807, 2.05) is 13.8 Å². The Bertz CT molecular complexity index is 2430. The van der Waals surface area contributed by atoms with E-state index in [1.54, 1.807) is 13.8 Å². The number of fused-ring (bicyclic) bond motifs is 3. The molecule has 4 heterocycles. The van der Waals surface area contributed by atoms with Crippen LogP contribution in [-0.2, 0) is 52.2 Å². The molecule has 0 bridgehead atoms. The second-order valence-corrected chi connectivity index (χ2v) is 25.6. The van der Waals surface area contributed by atoms with E-state index in [2.05, 4.69) is 6.58 Å². The first kappa shape index (κ1) is 74.2. The van der Waals surface area contributed by atoms with Gasteiger partial charge in [0.1, 0.15) is 110 Å². The molecule has 0 radical (unpaired) electrons. The molecule has 0 aromatic carbocycles. The zero-order valence-corrected chi connectivity index (χ0v) is 50.4. The van der Waals surface area contributed by atoms with Crippen LogP contribution in [0.3, 0.4) is 0 Å². The smallest absolute Gasteiger partial charge is 0.314 e. The molecule has 520 valence electrons. The van der Waals surface area contributed by atoms with Gasteiger partial charge in [0.25, 0.3) is 6.29 Å². The van der Waals surface area contributed by atoms with Gasteiger partial charge in [-0.2, -0.15) is 0 Å². The predicted molar refractivity (Wildman–Crippen MR) is 294 cm³/mol. The van der Waals surface area contributed by atoms with Crippen LogP contribution >= 0.6 is 0 Å². The highest BCUT2D eigenvalue weighted by Gasteiger charge is 2.64. The van der Waals surface area contributed by atoms with Crippen LogP contribution in [0.5, 0.6) is 0 Å². The van der Waals surface area contributed by atoms with E-state index < -0.39 is 257 Å². The van der Waals surface area contributed by atoms with E-state index in [4.69, 9.17) is 47.4 Å². The summed E-state index contributed by atoms with van der Waals surface area (Å²) in [5.41, 5.74) is -4.11. The summed E-state index contributed by atoms with van der Waals surface area (Å²) in [6, 6.07) is 0. The van der Waals surface area contributed by atoms with Crippen molar-refractivity contribution >= 4 is 5.97 Å². The van der Waals surface area contributed by atoms with Gasteiger partial charge in [-0.1, -0.05) is 26.8 Å². The van der Waals surface area contributed by atoms with Crippen molar-refractivity contribution in [1.29, 1.82) is 0 Å². The molecule has 7 aliphatic rings. The summed E-state index contributed by atoms with van der Waals surface area (Å²) in [5, 5.41) is 237. The number of esters is 1. The predicted octanol–water partition coefficient (Wildman–Crippen LogP) is -7.91. The van der Waals surface area contributed by atoms with Crippen molar-refractivity contribution in [2.24, 2.45) is 28.1 Å². The summed E-state index contributed by atoms with van der Waals surface area (Å²) < 4.78 is 58.0. The normalized spacial score (nSPS) is 45.3. The molecule has 3 aliphatic carbocycles. The van der Waals surface area contributed by atoms with Crippen LogP contribution in [0.15, 0.2) is 35.2 Å². The molecule has 30 atom stereocenters. The molecule has 0 aromatic heterocycles. The maximum atomic E-state index is 15.1. The number of ether oxygens (including phenoxy) is 10. The molecule has 33 nitrogen and oxygen atoms in total. The molecule has 0 aromatic rings. The molecule has 33 heteroatoms. The van der Waals surface area contributed by atoms with E-state index in [-0.39, 0.29) is 31.6 Å². The van der Waals surface area contributed by atoms with Crippen molar-refractivity contribution in [2.45, 2.75) is 245 Å². The summed E-state index contributed by atoms with van der Waals surface area (Å²) in [5.74, 6) is -5.89. The standard InChI is InChI=1S/C57H94O33/c1-22-17-54(2)13-7-30-55(3,29(54)8-14-57(22,5)90-48(79)46(88-52-42(77)38(73)34(69)28(21-63)84-52)44(24(65)10-16-59)86-50-40(75)36(71)32(67)26(19-61)82-50)11-6-12-56(30,4)53(80)89-47(78)45(87-51-41(76)37(72)33(68)27(20-62)83-51)43(23(64)9-15-58)85-49-39(74)35(70)31(66)25(18-60)81-49/h23-42,47-52,58-79H,1,6-21H2,2-5H3/b45-43-,46-44-/t23?,24?,25?,26?,27?,28?,29-,30?,31?,32?,33?,34?,35?,36?,37-,38?,39?,40?,41?,42?,47?,48?,49?,50?,51?,52?,54-,55+,56-,57-/m1/s1. The molecule has 7 fully saturated rings. The highest BCUT2D eigenvalue weighted by Crippen LogP contribution is 2.68. The summed E-state index contributed by atoms with van der Waals surface area (Å²) in [7, 11) is 0. The van der Waals surface area contributed by atoms with Crippen molar-refractivity contribution < 1.29 is 165 Å². The minimum atomic E-state index is -2.68. The van der Waals surface area contributed by atoms with Crippen molar-refractivity contribution in [1.82, 2.24) is 0 Å². The maximum absolute atomic E-state index is 15.1. The van der Waals surface area contributed by atoms with Crippen molar-refractivity contribution in [3.63, 3.8) is 0 Å². The summed E-state index contributed by atoms with van der Waals surface area (Å²) >= 11 is 0. The Morgan fingerprint density at radius 1 is 0.478 bits per heavy atom. The molecule has 22 N–H and O–H groups in total. The van der Waals surface area contributed by atoms with E-state index >= 15 is 4.79 Å². The number of aliphatic hydroxyl groups is 22. The lowest BCUT2D eigenvalue weighted by molar-refractivity contribution is -0.309. The van der Waals surface area contributed by atoms with Crippen molar-refractivity contribution in [3.8, 4) is 0 Å². The first-order valence-electron chi connectivity index (χ1n) is 30.1. The van der Waals surface area contributed by atoms with Crippen LogP contribution < -0.4 is 0 Å². The lowest BCUT2D eigenvalue weighted by atomic mass is 9.42. The van der Waals surface area contributed by atoms with Gasteiger partial charge in [-0.25, -0.2) is 0 Å². The molecule has 4 saturated heterocycles. The van der Waals surface area contributed by atoms with Crippen LogP contribution in [0.2, 0.25) is 0 Å². The fraction of sp³-hybridized carbons (Fsp3) is 0.877. The van der Waals surface area contributed by atoms with Gasteiger partial charge in [-0.3, -0.25) is 4.79 Å². The third kappa shape index (κ3) is 14.8. The SMILES string of the molecule is C=C1C[C@@]2(C)CCC3[C@](C)(C(=O)OC(O)/C(OC4OC(CO)C(O)[C@@H](O)C4O)=C(/OC4OC(CO)C(O)C(O)C4O)C(O)CCO)CCC[C@@]3(C)[C@@H]2CC[C@@]1(C)OC(O)/C(OC1OC(CO)C(O)C(O)C1O)=C(/OC1OC(CO)C(O)C(O)C1O)C(O)CCO. The summed E-state index contributed by atoms with van der Waals surface area (Å²) in [6.07, 6.45) is -47.5. The Morgan fingerprint density at radius 2 is 0.833 bits per heavy atom. The molecule has 0 spiro atoms. The third-order valence-electron chi connectivity index (χ3n) is 19.7. The largest absolute Gasteiger partial charge is 0.460 e. The Kier molecular flexibility index (Phi) is 25.0. The summed E-state index contributed by atoms with van der Waals surface area (Å²) in [4.78, 5) is 15.1. The van der Waals surface area contributed by atoms with Crippen molar-refractivity contribution in [3.05, 3.63) is 35.2 Å². The quantitative estimate of drug-likeness (QED) is 0.0185. The van der Waals surface area contributed by atoms with E-state index in [0.29, 0.717) is 31.3 Å². The van der Waals surface area contributed by atoms with Crippen LogP contribution in [-0.4, -0.2) is 311 Å². The van der Waals surface area contributed by atoms with Gasteiger partial charge < -0.3 is 160 Å². The number of rotatable bonds is 24. The number of hydrogen-bond acceptors (Lipinski definition) is 33. The highest BCUT2D eigenvalue weighted by molar-refractivity contribution is 5.77. The second-order valence-electron chi connectivity index (χ2n) is 25.6. The Hall–Kier alpha value is -3.19. The molecular formula is C57H94O33. The fourth-order valence-electron chi connectivity index (χ4n) is 14.3. The molecule has 3 saturated carbocycles. The number of aliphatic hydroxyl groups excluding tert-OH is 22. The van der Waals surface area contributed by atoms with Gasteiger partial charge in [0.05, 0.1) is 37.4 Å². The van der Waals surface area contributed by atoms with Crippen LogP contribution in [0.25, 0.3) is 0 Å². The molecule has 24 unspecified atom stereocenters. The van der Waals surface area contributed by atoms with E-state index in [1.165, 1.54) is 0 Å². The van der Waals surface area contributed by atoms with Crippen molar-refractivity contribution in [2.75, 3.05) is 39.6 Å². The van der Waals surface area contributed by atoms with Crippen LogP contribution in [0.4, 0.5) is 0 Å². The Morgan fingerprint density at radius 3 is 1.20 bits per heavy atom. The molecule has 4 aliphatic heterocycles. The van der Waals surface area contributed by atoms with Gasteiger partial charge in [0.15, 0.2) is 17.3 Å². The number of hydrogen-bond donors (Lipinski definition) is 22. The average molecular weight is 1310 g/mol. The van der Waals surface area contributed by atoms with E-state index in [9.17, 15) is 112 Å². The van der Waals surface area contributed by atoms with Crippen LogP contribution in [0, 0.1) is 28.1 Å². The monoisotopic (exact) mass is 1310 g/mol. The van der Waals surface area contributed by atoms with Gasteiger partial charge >= 0.3 is 5.97 Å². The van der Waals surface area contributed by atoms with Gasteiger partial charge in [-0.15, -0.1) is 0 Å². The van der Waals surface area contributed by atoms with Gasteiger partial charge in [0, 0.05) is 26.1 Å². The first-order chi connectivity index (χ1) is 42.3. The first-order valence-corrected chi connectivity index (χ1v) is 30.1. The third-order valence-corrected chi connectivity index (χ3v) is 19.7. The fourth-order valence-corrected chi connectivity index (χ4v) is 14.3. The molecule has 0 amide bonds. The Labute approximate surface area is 517 Å². The molecular weight excluding hydrogens is 1210 g/mol.